The van der Waals surface area contributed by atoms with Crippen molar-refractivity contribution in [2.45, 2.75) is 6.61 Å². The van der Waals surface area contributed by atoms with Crippen LogP contribution in [0.15, 0.2) is 113 Å². The molecule has 36 heavy (non-hydrogen) atoms. The Kier molecular flexibility index (Phi) is 7.42. The summed E-state index contributed by atoms with van der Waals surface area (Å²) in [5.74, 6) is 0.501. The molecule has 0 aromatic heterocycles. The lowest BCUT2D eigenvalue weighted by Gasteiger charge is -2.15. The topological polar surface area (TPSA) is 41.9 Å². The van der Waals surface area contributed by atoms with Crippen molar-refractivity contribution in [1.29, 1.82) is 0 Å². The average molecular weight is 531 g/mol. The predicted octanol–water partition coefficient (Wildman–Crippen LogP) is 8.38. The van der Waals surface area contributed by atoms with Crippen molar-refractivity contribution in [2.24, 2.45) is 4.99 Å². The van der Waals surface area contributed by atoms with Crippen molar-refractivity contribution in [3.8, 4) is 5.75 Å². The predicted molar refractivity (Wildman–Crippen MR) is 150 cm³/mol. The van der Waals surface area contributed by atoms with Crippen LogP contribution in [0.2, 0.25) is 10.0 Å². The third-order valence-electron chi connectivity index (χ3n) is 5.41. The third-order valence-corrected chi connectivity index (χ3v) is 6.96. The number of para-hydroxylation sites is 3. The number of benzene rings is 4. The Morgan fingerprint density at radius 2 is 1.56 bits per heavy atom. The first-order valence-electron chi connectivity index (χ1n) is 11.2. The molecule has 0 bridgehead atoms. The lowest BCUT2D eigenvalue weighted by molar-refractivity contribution is -0.113. The lowest BCUT2D eigenvalue weighted by atomic mass is 10.1. The molecule has 1 heterocycles. The summed E-state index contributed by atoms with van der Waals surface area (Å²) in [4.78, 5) is 20.5. The molecule has 4 aromatic carbocycles. The van der Waals surface area contributed by atoms with Gasteiger partial charge in [0.1, 0.15) is 12.4 Å². The number of anilines is 1. The van der Waals surface area contributed by atoms with E-state index >= 15 is 0 Å². The van der Waals surface area contributed by atoms with E-state index in [2.05, 4.69) is 0 Å². The van der Waals surface area contributed by atoms with E-state index in [-0.39, 0.29) is 12.5 Å². The van der Waals surface area contributed by atoms with Crippen LogP contribution in [0.1, 0.15) is 11.1 Å². The minimum Gasteiger partial charge on any atom is -0.488 e. The highest BCUT2D eigenvalue weighted by molar-refractivity contribution is 8.19. The smallest absolute Gasteiger partial charge is 0.271 e. The number of halogens is 2. The van der Waals surface area contributed by atoms with Crippen LogP contribution in [0.5, 0.6) is 5.75 Å². The molecule has 1 saturated heterocycles. The summed E-state index contributed by atoms with van der Waals surface area (Å²) in [5.41, 5.74) is 3.14. The van der Waals surface area contributed by atoms with Crippen molar-refractivity contribution in [3.63, 3.8) is 0 Å². The van der Waals surface area contributed by atoms with Crippen molar-refractivity contribution >= 4 is 63.5 Å². The zero-order valence-electron chi connectivity index (χ0n) is 19.0. The number of ether oxygens (including phenoxy) is 1. The minimum atomic E-state index is -0.142. The molecular formula is C29H20Cl2N2O2S. The average Bonchev–Trinajstić information content (AvgIpc) is 3.19. The van der Waals surface area contributed by atoms with Gasteiger partial charge in [-0.05, 0) is 60.3 Å². The molecule has 1 aliphatic heterocycles. The summed E-state index contributed by atoms with van der Waals surface area (Å²) in [6, 6.07) is 32.0. The van der Waals surface area contributed by atoms with Crippen LogP contribution >= 0.6 is 35.0 Å². The van der Waals surface area contributed by atoms with Crippen molar-refractivity contribution < 1.29 is 9.53 Å². The van der Waals surface area contributed by atoms with E-state index in [1.54, 1.807) is 17.0 Å². The van der Waals surface area contributed by atoms with Crippen LogP contribution in [-0.2, 0) is 11.4 Å². The van der Waals surface area contributed by atoms with Crippen LogP contribution < -0.4 is 9.64 Å². The highest BCUT2D eigenvalue weighted by Crippen LogP contribution is 2.38. The Balaban J connectivity index is 1.47. The molecule has 5 rings (SSSR count). The molecule has 0 radical (unpaired) electrons. The van der Waals surface area contributed by atoms with Gasteiger partial charge in [0.2, 0.25) is 0 Å². The Hall–Kier alpha value is -3.51. The highest BCUT2D eigenvalue weighted by Gasteiger charge is 2.34. The number of rotatable bonds is 6. The van der Waals surface area contributed by atoms with Gasteiger partial charge in [0.15, 0.2) is 5.17 Å². The van der Waals surface area contributed by atoms with Gasteiger partial charge < -0.3 is 4.74 Å². The van der Waals surface area contributed by atoms with E-state index in [0.717, 1.165) is 22.5 Å². The Labute approximate surface area is 223 Å². The monoisotopic (exact) mass is 530 g/mol. The zero-order chi connectivity index (χ0) is 24.9. The molecule has 0 saturated carbocycles. The van der Waals surface area contributed by atoms with Crippen molar-refractivity contribution in [2.75, 3.05) is 4.90 Å². The van der Waals surface area contributed by atoms with Gasteiger partial charge in [-0.3, -0.25) is 9.69 Å². The van der Waals surface area contributed by atoms with Gasteiger partial charge in [0.05, 0.1) is 16.3 Å². The summed E-state index contributed by atoms with van der Waals surface area (Å²) in [6.07, 6.45) is 1.84. The van der Waals surface area contributed by atoms with Crippen molar-refractivity contribution in [3.05, 3.63) is 129 Å². The first kappa shape index (κ1) is 24.2. The van der Waals surface area contributed by atoms with Gasteiger partial charge in [-0.2, -0.15) is 0 Å². The second-order valence-corrected chi connectivity index (χ2v) is 9.73. The summed E-state index contributed by atoms with van der Waals surface area (Å²) in [5, 5.41) is 1.71. The van der Waals surface area contributed by atoms with E-state index in [1.165, 1.54) is 11.8 Å². The Bertz CT molecular complexity index is 1460. The SMILES string of the molecule is O=C1/C(=C\c2ccccc2OCc2ccc(Cl)cc2Cl)SC(=Nc2ccccc2)N1c1ccccc1. The van der Waals surface area contributed by atoms with Crippen LogP contribution in [0, 0.1) is 0 Å². The maximum Gasteiger partial charge on any atom is 0.271 e. The molecular weight excluding hydrogens is 511 g/mol. The quantitative estimate of drug-likeness (QED) is 0.235. The molecule has 1 fully saturated rings. The van der Waals surface area contributed by atoms with Crippen LogP contribution in [0.4, 0.5) is 11.4 Å². The van der Waals surface area contributed by atoms with Gasteiger partial charge in [-0.15, -0.1) is 0 Å². The minimum absolute atomic E-state index is 0.142. The maximum atomic E-state index is 13.6. The number of aliphatic imine (C=N–C) groups is 1. The van der Waals surface area contributed by atoms with E-state index in [4.69, 9.17) is 32.9 Å². The fourth-order valence-corrected chi connectivity index (χ4v) is 5.09. The van der Waals surface area contributed by atoms with Gasteiger partial charge in [0.25, 0.3) is 5.91 Å². The van der Waals surface area contributed by atoms with E-state index in [1.807, 2.05) is 97.1 Å². The summed E-state index contributed by atoms with van der Waals surface area (Å²) in [6.45, 7) is 0.272. The van der Waals surface area contributed by atoms with Gasteiger partial charge in [-0.1, -0.05) is 83.9 Å². The molecule has 0 N–H and O–H groups in total. The number of nitrogens with zero attached hydrogens (tertiary/aromatic N) is 2. The van der Waals surface area contributed by atoms with E-state index in [0.29, 0.717) is 25.9 Å². The number of amides is 1. The highest BCUT2D eigenvalue weighted by atomic mass is 35.5. The first-order chi connectivity index (χ1) is 17.6. The summed E-state index contributed by atoms with van der Waals surface area (Å²) >= 11 is 13.6. The Morgan fingerprint density at radius 3 is 2.31 bits per heavy atom. The molecule has 4 nitrogen and oxygen atoms in total. The zero-order valence-corrected chi connectivity index (χ0v) is 21.3. The van der Waals surface area contributed by atoms with Crippen molar-refractivity contribution in [1.82, 2.24) is 0 Å². The molecule has 0 aliphatic carbocycles. The number of amidine groups is 1. The van der Waals surface area contributed by atoms with E-state index < -0.39 is 0 Å². The lowest BCUT2D eigenvalue weighted by Crippen LogP contribution is -2.28. The molecule has 0 spiro atoms. The molecule has 178 valence electrons. The van der Waals surface area contributed by atoms with Crippen LogP contribution in [-0.4, -0.2) is 11.1 Å². The standard InChI is InChI=1S/C29H20Cl2N2O2S/c30-22-16-15-21(25(31)18-22)19-35-26-14-8-7-9-20(26)17-27-28(34)33(24-12-5-2-6-13-24)29(36-27)32-23-10-3-1-4-11-23/h1-18H,19H2/b27-17+,32-29?. The fraction of sp³-hybridized carbons (Fsp3) is 0.0345. The van der Waals surface area contributed by atoms with Gasteiger partial charge in [-0.25, -0.2) is 4.99 Å². The second kappa shape index (κ2) is 11.0. The van der Waals surface area contributed by atoms with Gasteiger partial charge >= 0.3 is 0 Å². The maximum absolute atomic E-state index is 13.6. The number of hydrogen-bond donors (Lipinski definition) is 0. The number of carbonyl (C=O) groups is 1. The number of thioether (sulfide) groups is 1. The van der Waals surface area contributed by atoms with Gasteiger partial charge in [0, 0.05) is 21.2 Å². The van der Waals surface area contributed by atoms with E-state index in [9.17, 15) is 4.79 Å². The van der Waals surface area contributed by atoms with Crippen LogP contribution in [0.3, 0.4) is 0 Å². The molecule has 0 unspecified atom stereocenters. The molecule has 7 heteroatoms. The fourth-order valence-electron chi connectivity index (χ4n) is 3.63. The molecule has 4 aromatic rings. The first-order valence-corrected chi connectivity index (χ1v) is 12.7. The van der Waals surface area contributed by atoms with Crippen LogP contribution in [0.25, 0.3) is 6.08 Å². The largest absolute Gasteiger partial charge is 0.488 e. The summed E-state index contributed by atoms with van der Waals surface area (Å²) in [7, 11) is 0. The molecule has 1 aliphatic rings. The number of carbonyl (C=O) groups excluding carboxylic acids is 1. The third kappa shape index (κ3) is 5.49. The Morgan fingerprint density at radius 1 is 0.861 bits per heavy atom. The normalized spacial score (nSPS) is 15.6. The molecule has 0 atom stereocenters. The molecule has 1 amide bonds. The second-order valence-electron chi connectivity index (χ2n) is 7.88. The number of hydrogen-bond acceptors (Lipinski definition) is 4. The summed E-state index contributed by atoms with van der Waals surface area (Å²) < 4.78 is 6.09.